The topological polar surface area (TPSA) is 93.8 Å². The Kier molecular flexibility index (Phi) is 5.59. The van der Waals surface area contributed by atoms with Gasteiger partial charge in [0, 0.05) is 24.2 Å². The standard InChI is InChI=1S/C13H20N2O4/c1-8-11(18-2)5-4-9(12(8)19-3)6-15-7-10(14)13(16)17/h4-5,10,15H,6-7,14H2,1-3H3,(H,16,17). The first-order chi connectivity index (χ1) is 9.01. The molecule has 0 saturated carbocycles. The number of hydrogen-bond acceptors (Lipinski definition) is 5. The molecule has 6 heteroatoms. The molecule has 0 heterocycles. The van der Waals surface area contributed by atoms with Crippen LogP contribution < -0.4 is 20.5 Å². The Morgan fingerprint density at radius 3 is 2.63 bits per heavy atom. The van der Waals surface area contributed by atoms with Gasteiger partial charge >= 0.3 is 5.97 Å². The van der Waals surface area contributed by atoms with Crippen LogP contribution in [0.25, 0.3) is 0 Å². The summed E-state index contributed by atoms with van der Waals surface area (Å²) in [4.78, 5) is 10.6. The van der Waals surface area contributed by atoms with Crippen molar-refractivity contribution in [3.05, 3.63) is 23.3 Å². The number of hydrogen-bond donors (Lipinski definition) is 3. The van der Waals surface area contributed by atoms with Gasteiger partial charge in [0.15, 0.2) is 0 Å². The van der Waals surface area contributed by atoms with E-state index in [0.717, 1.165) is 22.6 Å². The Labute approximate surface area is 112 Å². The van der Waals surface area contributed by atoms with E-state index >= 15 is 0 Å². The molecule has 4 N–H and O–H groups in total. The van der Waals surface area contributed by atoms with E-state index in [0.29, 0.717) is 6.54 Å². The number of ether oxygens (including phenoxy) is 2. The highest BCUT2D eigenvalue weighted by molar-refractivity contribution is 5.73. The second kappa shape index (κ2) is 6.96. The van der Waals surface area contributed by atoms with Gasteiger partial charge in [0.05, 0.1) is 14.2 Å². The fraction of sp³-hybridized carbons (Fsp3) is 0.462. The van der Waals surface area contributed by atoms with E-state index in [1.807, 2.05) is 19.1 Å². The first-order valence-electron chi connectivity index (χ1n) is 5.90. The minimum atomic E-state index is -1.02. The van der Waals surface area contributed by atoms with E-state index in [-0.39, 0.29) is 6.54 Å². The maximum absolute atomic E-state index is 10.6. The summed E-state index contributed by atoms with van der Waals surface area (Å²) in [5.41, 5.74) is 7.25. The molecule has 0 spiro atoms. The van der Waals surface area contributed by atoms with E-state index in [1.54, 1.807) is 14.2 Å². The maximum Gasteiger partial charge on any atom is 0.321 e. The van der Waals surface area contributed by atoms with E-state index in [1.165, 1.54) is 0 Å². The quantitative estimate of drug-likeness (QED) is 0.667. The molecule has 0 aliphatic rings. The summed E-state index contributed by atoms with van der Waals surface area (Å²) < 4.78 is 10.6. The van der Waals surface area contributed by atoms with Crippen LogP contribution in [0.1, 0.15) is 11.1 Å². The van der Waals surface area contributed by atoms with Crippen molar-refractivity contribution in [2.24, 2.45) is 5.73 Å². The van der Waals surface area contributed by atoms with Gasteiger partial charge in [0.1, 0.15) is 17.5 Å². The Morgan fingerprint density at radius 2 is 2.11 bits per heavy atom. The van der Waals surface area contributed by atoms with Crippen LogP contribution in [0.15, 0.2) is 12.1 Å². The minimum absolute atomic E-state index is 0.198. The van der Waals surface area contributed by atoms with Gasteiger partial charge in [-0.25, -0.2) is 0 Å². The third-order valence-electron chi connectivity index (χ3n) is 2.86. The van der Waals surface area contributed by atoms with Crippen LogP contribution in [-0.2, 0) is 11.3 Å². The lowest BCUT2D eigenvalue weighted by Gasteiger charge is -2.15. The first kappa shape index (κ1) is 15.3. The Balaban J connectivity index is 2.73. The van der Waals surface area contributed by atoms with Crippen molar-refractivity contribution >= 4 is 5.97 Å². The number of carboxylic acid groups (broad SMARTS) is 1. The van der Waals surface area contributed by atoms with Gasteiger partial charge in [0.2, 0.25) is 0 Å². The van der Waals surface area contributed by atoms with Crippen molar-refractivity contribution in [1.29, 1.82) is 0 Å². The second-order valence-corrected chi connectivity index (χ2v) is 4.16. The van der Waals surface area contributed by atoms with E-state index in [4.69, 9.17) is 20.3 Å². The highest BCUT2D eigenvalue weighted by Gasteiger charge is 2.13. The number of benzene rings is 1. The van der Waals surface area contributed by atoms with Crippen LogP contribution in [0.4, 0.5) is 0 Å². The molecule has 1 atom stereocenters. The summed E-state index contributed by atoms with van der Waals surface area (Å²) in [6, 6.07) is 2.82. The molecule has 1 unspecified atom stereocenters. The van der Waals surface area contributed by atoms with Crippen LogP contribution in [0, 0.1) is 6.92 Å². The molecule has 106 valence electrons. The lowest BCUT2D eigenvalue weighted by atomic mass is 10.1. The van der Waals surface area contributed by atoms with Crippen LogP contribution >= 0.6 is 0 Å². The van der Waals surface area contributed by atoms with Crippen molar-refractivity contribution in [1.82, 2.24) is 5.32 Å². The summed E-state index contributed by atoms with van der Waals surface area (Å²) in [5.74, 6) is 0.462. The average Bonchev–Trinajstić information content (AvgIpc) is 2.38. The fourth-order valence-corrected chi connectivity index (χ4v) is 1.82. The van der Waals surface area contributed by atoms with Crippen molar-refractivity contribution in [3.8, 4) is 11.5 Å². The number of methoxy groups -OCH3 is 2. The van der Waals surface area contributed by atoms with Crippen molar-refractivity contribution in [3.63, 3.8) is 0 Å². The molecule has 1 aromatic rings. The molecule has 0 radical (unpaired) electrons. The van der Waals surface area contributed by atoms with Gasteiger partial charge in [-0.05, 0) is 13.0 Å². The second-order valence-electron chi connectivity index (χ2n) is 4.16. The number of nitrogens with one attached hydrogen (secondary N) is 1. The van der Waals surface area contributed by atoms with Gasteiger partial charge in [-0.3, -0.25) is 4.79 Å². The molecule has 0 bridgehead atoms. The molecular formula is C13H20N2O4. The number of carbonyl (C=O) groups is 1. The average molecular weight is 268 g/mol. The van der Waals surface area contributed by atoms with E-state index in [2.05, 4.69) is 5.32 Å². The SMILES string of the molecule is COc1ccc(CNCC(N)C(=O)O)c(OC)c1C. The summed E-state index contributed by atoms with van der Waals surface area (Å²) in [6.45, 7) is 2.59. The third kappa shape index (κ3) is 3.84. The molecule has 1 aromatic carbocycles. The molecule has 0 aliphatic heterocycles. The third-order valence-corrected chi connectivity index (χ3v) is 2.86. The molecule has 0 fully saturated rings. The highest BCUT2D eigenvalue weighted by atomic mass is 16.5. The lowest BCUT2D eigenvalue weighted by molar-refractivity contribution is -0.138. The lowest BCUT2D eigenvalue weighted by Crippen LogP contribution is -2.40. The summed E-state index contributed by atoms with van der Waals surface area (Å²) in [6.07, 6.45) is 0. The Bertz CT molecular complexity index is 449. The highest BCUT2D eigenvalue weighted by Crippen LogP contribution is 2.31. The molecule has 6 nitrogen and oxygen atoms in total. The number of aliphatic carboxylic acids is 1. The number of rotatable bonds is 7. The zero-order valence-corrected chi connectivity index (χ0v) is 11.4. The molecule has 0 aromatic heterocycles. The Morgan fingerprint density at radius 1 is 1.42 bits per heavy atom. The zero-order chi connectivity index (χ0) is 14.4. The smallest absolute Gasteiger partial charge is 0.321 e. The number of carboxylic acids is 1. The van der Waals surface area contributed by atoms with Gasteiger partial charge in [-0.2, -0.15) is 0 Å². The van der Waals surface area contributed by atoms with Crippen LogP contribution in [0.3, 0.4) is 0 Å². The van der Waals surface area contributed by atoms with Gasteiger partial charge in [-0.1, -0.05) is 6.07 Å². The maximum atomic E-state index is 10.6. The fourth-order valence-electron chi connectivity index (χ4n) is 1.82. The van der Waals surface area contributed by atoms with Crippen LogP contribution in [-0.4, -0.2) is 37.9 Å². The van der Waals surface area contributed by atoms with E-state index < -0.39 is 12.0 Å². The molecule has 0 aliphatic carbocycles. The summed E-state index contributed by atoms with van der Waals surface area (Å²) in [7, 11) is 3.19. The summed E-state index contributed by atoms with van der Waals surface area (Å²) >= 11 is 0. The normalized spacial score (nSPS) is 12.0. The molecule has 1 rings (SSSR count). The molecule has 19 heavy (non-hydrogen) atoms. The van der Waals surface area contributed by atoms with Gasteiger partial charge in [0.25, 0.3) is 0 Å². The molecule has 0 amide bonds. The van der Waals surface area contributed by atoms with Crippen molar-refractivity contribution in [2.45, 2.75) is 19.5 Å². The largest absolute Gasteiger partial charge is 0.496 e. The number of nitrogens with two attached hydrogens (primary N) is 1. The molecule has 0 saturated heterocycles. The summed E-state index contributed by atoms with van der Waals surface area (Å²) in [5, 5.41) is 11.7. The predicted octanol–water partition coefficient (Wildman–Crippen LogP) is 0.514. The van der Waals surface area contributed by atoms with E-state index in [9.17, 15) is 4.79 Å². The van der Waals surface area contributed by atoms with Crippen LogP contribution in [0.5, 0.6) is 11.5 Å². The minimum Gasteiger partial charge on any atom is -0.496 e. The van der Waals surface area contributed by atoms with Gasteiger partial charge < -0.3 is 25.6 Å². The molecular weight excluding hydrogens is 248 g/mol. The monoisotopic (exact) mass is 268 g/mol. The first-order valence-corrected chi connectivity index (χ1v) is 5.90. The van der Waals surface area contributed by atoms with Crippen molar-refractivity contribution in [2.75, 3.05) is 20.8 Å². The zero-order valence-electron chi connectivity index (χ0n) is 11.4. The van der Waals surface area contributed by atoms with Gasteiger partial charge in [-0.15, -0.1) is 0 Å². The predicted molar refractivity (Wildman–Crippen MR) is 71.6 cm³/mol. The van der Waals surface area contributed by atoms with Crippen LogP contribution in [0.2, 0.25) is 0 Å². The Hall–Kier alpha value is -1.79. The van der Waals surface area contributed by atoms with Crippen molar-refractivity contribution < 1.29 is 19.4 Å².